The third kappa shape index (κ3) is 12.2. The molecule has 0 aliphatic carbocycles. The SMILES string of the molecule is CCCCCCCC(Oc1c2ccccc2c(OC(CCCCCCC)C(=O)OCCCC)c2cc(Cl)ccc12)C(=O)OCCCC. The van der Waals surface area contributed by atoms with Crippen LogP contribution >= 0.6 is 11.6 Å². The molecular formula is C40H57ClO6. The van der Waals surface area contributed by atoms with Gasteiger partial charge in [0, 0.05) is 26.6 Å². The molecule has 0 saturated carbocycles. The number of carbonyl (C=O) groups excluding carboxylic acids is 2. The standard InChI is InChI=1S/C40H57ClO6/c1-5-9-13-15-17-23-35(39(42)44-27-11-7-3)46-37-31-21-19-20-22-32(31)38(34-29-30(41)25-26-33(34)37)47-36(24-18-16-14-10-6-2)40(43)45-28-12-8-4/h19-22,25-26,29,35-36H,5-18,23-24,27-28H2,1-4H3. The van der Waals surface area contributed by atoms with Crippen molar-refractivity contribution in [2.24, 2.45) is 0 Å². The monoisotopic (exact) mass is 668 g/mol. The summed E-state index contributed by atoms with van der Waals surface area (Å²) < 4.78 is 24.7. The van der Waals surface area contributed by atoms with Gasteiger partial charge in [-0.25, -0.2) is 9.59 Å². The summed E-state index contributed by atoms with van der Waals surface area (Å²) in [5.74, 6) is 0.482. The Labute approximate surface area is 287 Å². The lowest BCUT2D eigenvalue weighted by molar-refractivity contribution is -0.153. The molecule has 260 valence electrons. The Morgan fingerprint density at radius 1 is 0.553 bits per heavy atom. The minimum absolute atomic E-state index is 0.335. The first-order chi connectivity index (χ1) is 22.9. The van der Waals surface area contributed by atoms with Crippen LogP contribution in [-0.4, -0.2) is 37.4 Å². The van der Waals surface area contributed by atoms with Crippen molar-refractivity contribution in [2.75, 3.05) is 13.2 Å². The van der Waals surface area contributed by atoms with Gasteiger partial charge in [0.2, 0.25) is 0 Å². The number of ether oxygens (including phenoxy) is 4. The van der Waals surface area contributed by atoms with E-state index in [1.54, 1.807) is 0 Å². The van der Waals surface area contributed by atoms with E-state index in [2.05, 4.69) is 27.7 Å². The van der Waals surface area contributed by atoms with E-state index >= 15 is 0 Å². The molecule has 0 heterocycles. The second kappa shape index (κ2) is 21.8. The number of carbonyl (C=O) groups is 2. The topological polar surface area (TPSA) is 71.1 Å². The molecule has 0 spiro atoms. The van der Waals surface area contributed by atoms with Crippen molar-refractivity contribution in [1.29, 1.82) is 0 Å². The van der Waals surface area contributed by atoms with Crippen LogP contribution in [0.15, 0.2) is 42.5 Å². The fourth-order valence-electron chi connectivity index (χ4n) is 5.75. The molecule has 0 aliphatic rings. The number of benzene rings is 3. The van der Waals surface area contributed by atoms with E-state index in [-0.39, 0.29) is 11.9 Å². The van der Waals surface area contributed by atoms with Crippen LogP contribution in [0.3, 0.4) is 0 Å². The first-order valence-electron chi connectivity index (χ1n) is 18.3. The second-order valence-corrected chi connectivity index (χ2v) is 13.0. The molecule has 3 rings (SSSR count). The minimum Gasteiger partial charge on any atom is -0.477 e. The van der Waals surface area contributed by atoms with Crippen molar-refractivity contribution < 1.29 is 28.5 Å². The number of halogens is 1. The fraction of sp³-hybridized carbons (Fsp3) is 0.600. The normalized spacial score (nSPS) is 12.6. The number of esters is 2. The van der Waals surface area contributed by atoms with Gasteiger partial charge in [-0.2, -0.15) is 0 Å². The van der Waals surface area contributed by atoms with Gasteiger partial charge in [-0.15, -0.1) is 0 Å². The summed E-state index contributed by atoms with van der Waals surface area (Å²) in [4.78, 5) is 26.8. The third-order valence-electron chi connectivity index (χ3n) is 8.56. The summed E-state index contributed by atoms with van der Waals surface area (Å²) >= 11 is 6.58. The van der Waals surface area contributed by atoms with E-state index in [0.29, 0.717) is 42.6 Å². The Hall–Kier alpha value is -2.99. The van der Waals surface area contributed by atoms with E-state index in [1.165, 1.54) is 12.8 Å². The Morgan fingerprint density at radius 3 is 1.45 bits per heavy atom. The van der Waals surface area contributed by atoms with Gasteiger partial charge >= 0.3 is 11.9 Å². The van der Waals surface area contributed by atoms with Crippen LogP contribution in [0.1, 0.15) is 130 Å². The Balaban J connectivity index is 2.04. The molecule has 2 unspecified atom stereocenters. The first kappa shape index (κ1) is 38.5. The van der Waals surface area contributed by atoms with Gasteiger partial charge in [-0.05, 0) is 56.7 Å². The van der Waals surface area contributed by atoms with Crippen LogP contribution in [0.2, 0.25) is 5.02 Å². The number of fused-ring (bicyclic) bond motifs is 2. The summed E-state index contributed by atoms with van der Waals surface area (Å²) in [6, 6.07) is 13.4. The highest BCUT2D eigenvalue weighted by Gasteiger charge is 2.28. The highest BCUT2D eigenvalue weighted by molar-refractivity contribution is 6.31. The Morgan fingerprint density at radius 2 is 0.979 bits per heavy atom. The lowest BCUT2D eigenvalue weighted by atomic mass is 9.99. The molecule has 0 N–H and O–H groups in total. The van der Waals surface area contributed by atoms with E-state index in [1.807, 2.05) is 42.5 Å². The van der Waals surface area contributed by atoms with Crippen molar-refractivity contribution in [3.05, 3.63) is 47.5 Å². The third-order valence-corrected chi connectivity index (χ3v) is 8.79. The summed E-state index contributed by atoms with van der Waals surface area (Å²) in [6.45, 7) is 9.28. The van der Waals surface area contributed by atoms with Crippen LogP contribution in [0.25, 0.3) is 21.5 Å². The molecule has 0 aromatic heterocycles. The highest BCUT2D eigenvalue weighted by Crippen LogP contribution is 2.45. The van der Waals surface area contributed by atoms with E-state index < -0.39 is 12.2 Å². The summed E-state index contributed by atoms with van der Waals surface area (Å²) in [7, 11) is 0. The van der Waals surface area contributed by atoms with Gasteiger partial charge < -0.3 is 18.9 Å². The number of unbranched alkanes of at least 4 members (excludes halogenated alkanes) is 10. The molecule has 3 aromatic rings. The van der Waals surface area contributed by atoms with Crippen molar-refractivity contribution in [1.82, 2.24) is 0 Å². The Bertz CT molecular complexity index is 1370. The largest absolute Gasteiger partial charge is 0.477 e. The minimum atomic E-state index is -0.754. The molecule has 47 heavy (non-hydrogen) atoms. The zero-order valence-electron chi connectivity index (χ0n) is 29.3. The molecule has 0 amide bonds. The maximum atomic E-state index is 13.4. The fourth-order valence-corrected chi connectivity index (χ4v) is 5.92. The molecule has 0 radical (unpaired) electrons. The van der Waals surface area contributed by atoms with Gasteiger partial charge in [0.1, 0.15) is 11.5 Å². The van der Waals surface area contributed by atoms with Gasteiger partial charge in [0.25, 0.3) is 0 Å². The smallest absolute Gasteiger partial charge is 0.347 e. The maximum Gasteiger partial charge on any atom is 0.347 e. The summed E-state index contributed by atoms with van der Waals surface area (Å²) in [5, 5.41) is 3.62. The first-order valence-corrected chi connectivity index (χ1v) is 18.6. The van der Waals surface area contributed by atoms with Gasteiger partial charge in [0.05, 0.1) is 13.2 Å². The average molecular weight is 669 g/mol. The van der Waals surface area contributed by atoms with E-state index in [9.17, 15) is 9.59 Å². The average Bonchev–Trinajstić information content (AvgIpc) is 3.07. The van der Waals surface area contributed by atoms with Crippen molar-refractivity contribution in [3.63, 3.8) is 0 Å². The zero-order chi connectivity index (χ0) is 33.9. The molecule has 0 saturated heterocycles. The predicted octanol–water partition coefficient (Wildman–Crippen LogP) is 11.5. The molecule has 6 nitrogen and oxygen atoms in total. The van der Waals surface area contributed by atoms with Crippen LogP contribution in [-0.2, 0) is 19.1 Å². The van der Waals surface area contributed by atoms with Crippen LogP contribution in [0.4, 0.5) is 0 Å². The maximum absolute atomic E-state index is 13.4. The molecule has 2 atom stereocenters. The van der Waals surface area contributed by atoms with E-state index in [0.717, 1.165) is 98.6 Å². The number of hydrogen-bond donors (Lipinski definition) is 0. The van der Waals surface area contributed by atoms with Gasteiger partial charge in [-0.1, -0.05) is 128 Å². The van der Waals surface area contributed by atoms with E-state index in [4.69, 9.17) is 30.5 Å². The molecule has 3 aromatic carbocycles. The highest BCUT2D eigenvalue weighted by atomic mass is 35.5. The second-order valence-electron chi connectivity index (χ2n) is 12.6. The van der Waals surface area contributed by atoms with Gasteiger partial charge in [-0.3, -0.25) is 0 Å². The molecule has 0 aliphatic heterocycles. The quantitative estimate of drug-likeness (QED) is 0.0537. The molecule has 0 bridgehead atoms. The van der Waals surface area contributed by atoms with Crippen molar-refractivity contribution >= 4 is 45.1 Å². The van der Waals surface area contributed by atoms with Gasteiger partial charge in [0.15, 0.2) is 12.2 Å². The van der Waals surface area contributed by atoms with Crippen molar-refractivity contribution in [3.8, 4) is 11.5 Å². The van der Waals surface area contributed by atoms with Crippen LogP contribution < -0.4 is 9.47 Å². The molecule has 0 fully saturated rings. The van der Waals surface area contributed by atoms with Crippen LogP contribution in [0.5, 0.6) is 11.5 Å². The zero-order valence-corrected chi connectivity index (χ0v) is 30.0. The Kier molecular flexibility index (Phi) is 17.8. The summed E-state index contributed by atoms with van der Waals surface area (Å²) in [6.07, 6.45) is 13.9. The number of rotatable bonds is 24. The van der Waals surface area contributed by atoms with Crippen molar-refractivity contribution in [2.45, 2.75) is 143 Å². The summed E-state index contributed by atoms with van der Waals surface area (Å²) in [5.41, 5.74) is 0. The molecule has 7 heteroatoms. The predicted molar refractivity (Wildman–Crippen MR) is 194 cm³/mol. The number of hydrogen-bond acceptors (Lipinski definition) is 6. The lowest BCUT2D eigenvalue weighted by Gasteiger charge is -2.24. The molecular weight excluding hydrogens is 612 g/mol. The van der Waals surface area contributed by atoms with Crippen LogP contribution in [0, 0.1) is 0 Å². The lowest BCUT2D eigenvalue weighted by Crippen LogP contribution is -2.30.